The molecule has 2 unspecified atom stereocenters. The summed E-state index contributed by atoms with van der Waals surface area (Å²) in [5, 5.41) is 14.0. The molecule has 0 heterocycles. The molecule has 1 aliphatic carbocycles. The van der Waals surface area contributed by atoms with Crippen molar-refractivity contribution >= 4 is 11.8 Å². The average Bonchev–Trinajstić information content (AvgIpc) is 2.34. The van der Waals surface area contributed by atoms with Crippen LogP contribution in [0.2, 0.25) is 0 Å². The summed E-state index contributed by atoms with van der Waals surface area (Å²) in [5.74, 6) is 1.26. The molecule has 0 spiro atoms. The Morgan fingerprint density at radius 3 is 2.81 bits per heavy atom. The van der Waals surface area contributed by atoms with Crippen molar-refractivity contribution in [1.82, 2.24) is 5.32 Å². The maximum absolute atomic E-state index is 9.64. The van der Waals surface area contributed by atoms with Gasteiger partial charge in [0.05, 0.1) is 6.61 Å². The van der Waals surface area contributed by atoms with Crippen LogP contribution in [0.4, 0.5) is 0 Å². The standard InChI is InChI=1S/C13H27NOS/c1-3-8-14-13(11-15)7-5-6-12(10-13)16-9-4-2/h12,14-15H,3-11H2,1-2H3. The van der Waals surface area contributed by atoms with Crippen LogP contribution in [0.15, 0.2) is 0 Å². The van der Waals surface area contributed by atoms with Gasteiger partial charge in [0.15, 0.2) is 0 Å². The number of hydrogen-bond donors (Lipinski definition) is 2. The lowest BCUT2D eigenvalue weighted by molar-refractivity contribution is 0.124. The molecule has 0 amide bonds. The monoisotopic (exact) mass is 245 g/mol. The second-order valence-electron chi connectivity index (χ2n) is 4.95. The van der Waals surface area contributed by atoms with Gasteiger partial charge in [-0.15, -0.1) is 0 Å². The third-order valence-corrected chi connectivity index (χ3v) is 4.93. The average molecular weight is 245 g/mol. The summed E-state index contributed by atoms with van der Waals surface area (Å²) in [6.07, 6.45) is 7.30. The molecule has 2 N–H and O–H groups in total. The second-order valence-corrected chi connectivity index (χ2v) is 6.36. The SMILES string of the molecule is CCCNC1(CO)CCCC(SCCC)C1. The highest BCUT2D eigenvalue weighted by Gasteiger charge is 2.35. The summed E-state index contributed by atoms with van der Waals surface area (Å²) < 4.78 is 0. The fraction of sp³-hybridized carbons (Fsp3) is 1.00. The van der Waals surface area contributed by atoms with E-state index in [1.165, 1.54) is 25.0 Å². The van der Waals surface area contributed by atoms with Gasteiger partial charge in [0.25, 0.3) is 0 Å². The van der Waals surface area contributed by atoms with Crippen LogP contribution in [0.1, 0.15) is 52.4 Å². The molecule has 1 aliphatic rings. The summed E-state index contributed by atoms with van der Waals surface area (Å²) in [5.41, 5.74) is 0.0274. The Labute approximate surface area is 105 Å². The number of aliphatic hydroxyl groups excluding tert-OH is 1. The van der Waals surface area contributed by atoms with Crippen LogP contribution in [0.5, 0.6) is 0 Å². The van der Waals surface area contributed by atoms with Crippen molar-refractivity contribution in [3.05, 3.63) is 0 Å². The van der Waals surface area contributed by atoms with Crippen molar-refractivity contribution in [2.75, 3.05) is 18.9 Å². The van der Waals surface area contributed by atoms with E-state index in [2.05, 4.69) is 30.9 Å². The first kappa shape index (κ1) is 14.3. The van der Waals surface area contributed by atoms with E-state index in [0.717, 1.165) is 31.1 Å². The van der Waals surface area contributed by atoms with Gasteiger partial charge in [-0.05, 0) is 44.4 Å². The zero-order valence-electron chi connectivity index (χ0n) is 10.8. The van der Waals surface area contributed by atoms with Crippen molar-refractivity contribution in [2.45, 2.75) is 63.2 Å². The van der Waals surface area contributed by atoms with Crippen LogP contribution in [0, 0.1) is 0 Å². The number of aliphatic hydroxyl groups is 1. The van der Waals surface area contributed by atoms with Gasteiger partial charge in [0.1, 0.15) is 0 Å². The largest absolute Gasteiger partial charge is 0.394 e. The van der Waals surface area contributed by atoms with E-state index >= 15 is 0 Å². The van der Waals surface area contributed by atoms with Gasteiger partial charge >= 0.3 is 0 Å². The normalized spacial score (nSPS) is 30.6. The van der Waals surface area contributed by atoms with Gasteiger partial charge < -0.3 is 10.4 Å². The number of thioether (sulfide) groups is 1. The third-order valence-electron chi connectivity index (χ3n) is 3.41. The van der Waals surface area contributed by atoms with Crippen LogP contribution in [-0.2, 0) is 0 Å². The Balaban J connectivity index is 2.43. The zero-order chi connectivity index (χ0) is 11.9. The molecular weight excluding hydrogens is 218 g/mol. The van der Waals surface area contributed by atoms with E-state index < -0.39 is 0 Å². The predicted molar refractivity (Wildman–Crippen MR) is 73.1 cm³/mol. The lowest BCUT2D eigenvalue weighted by atomic mass is 9.82. The van der Waals surface area contributed by atoms with Gasteiger partial charge in [0.2, 0.25) is 0 Å². The van der Waals surface area contributed by atoms with Crippen molar-refractivity contribution in [3.63, 3.8) is 0 Å². The maximum Gasteiger partial charge on any atom is 0.0613 e. The summed E-state index contributed by atoms with van der Waals surface area (Å²) >= 11 is 2.10. The molecule has 0 aromatic rings. The van der Waals surface area contributed by atoms with E-state index in [-0.39, 0.29) is 5.54 Å². The fourth-order valence-electron chi connectivity index (χ4n) is 2.49. The maximum atomic E-state index is 9.64. The first-order valence-corrected chi connectivity index (χ1v) is 7.78. The molecular formula is C13H27NOS. The summed E-state index contributed by atoms with van der Waals surface area (Å²) in [6.45, 7) is 5.76. The first-order valence-electron chi connectivity index (χ1n) is 6.74. The van der Waals surface area contributed by atoms with Gasteiger partial charge in [-0.1, -0.05) is 20.3 Å². The van der Waals surface area contributed by atoms with E-state index in [1.54, 1.807) is 0 Å². The smallest absolute Gasteiger partial charge is 0.0613 e. The molecule has 0 aromatic heterocycles. The lowest BCUT2D eigenvalue weighted by Gasteiger charge is -2.40. The van der Waals surface area contributed by atoms with E-state index in [0.29, 0.717) is 6.61 Å². The topological polar surface area (TPSA) is 32.3 Å². The quantitative estimate of drug-likeness (QED) is 0.723. The molecule has 0 aromatic carbocycles. The molecule has 3 heteroatoms. The fourth-order valence-corrected chi connectivity index (χ4v) is 3.82. The van der Waals surface area contributed by atoms with Gasteiger partial charge in [0, 0.05) is 10.8 Å². The van der Waals surface area contributed by atoms with Crippen molar-refractivity contribution in [1.29, 1.82) is 0 Å². The molecule has 16 heavy (non-hydrogen) atoms. The van der Waals surface area contributed by atoms with Crippen LogP contribution in [0.25, 0.3) is 0 Å². The summed E-state index contributed by atoms with van der Waals surface area (Å²) in [7, 11) is 0. The van der Waals surface area contributed by atoms with E-state index in [9.17, 15) is 5.11 Å². The Bertz CT molecular complexity index is 189. The molecule has 0 bridgehead atoms. The minimum Gasteiger partial charge on any atom is -0.394 e. The third kappa shape index (κ3) is 4.27. The summed E-state index contributed by atoms with van der Waals surface area (Å²) in [4.78, 5) is 0. The Morgan fingerprint density at radius 1 is 1.38 bits per heavy atom. The molecule has 96 valence electrons. The minimum atomic E-state index is 0.0274. The highest BCUT2D eigenvalue weighted by Crippen LogP contribution is 2.35. The lowest BCUT2D eigenvalue weighted by Crippen LogP contribution is -2.52. The van der Waals surface area contributed by atoms with Gasteiger partial charge in [-0.2, -0.15) is 11.8 Å². The molecule has 0 aliphatic heterocycles. The van der Waals surface area contributed by atoms with Gasteiger partial charge in [-0.3, -0.25) is 0 Å². The van der Waals surface area contributed by atoms with Crippen LogP contribution < -0.4 is 5.32 Å². The molecule has 2 atom stereocenters. The Kier molecular flexibility index (Phi) is 6.78. The number of hydrogen-bond acceptors (Lipinski definition) is 3. The highest BCUT2D eigenvalue weighted by atomic mass is 32.2. The van der Waals surface area contributed by atoms with E-state index in [1.807, 2.05) is 0 Å². The molecule has 2 nitrogen and oxygen atoms in total. The Morgan fingerprint density at radius 2 is 2.19 bits per heavy atom. The second kappa shape index (κ2) is 7.57. The minimum absolute atomic E-state index is 0.0274. The molecule has 0 radical (unpaired) electrons. The highest BCUT2D eigenvalue weighted by molar-refractivity contribution is 7.99. The number of rotatable bonds is 7. The van der Waals surface area contributed by atoms with Crippen LogP contribution in [-0.4, -0.2) is 34.8 Å². The van der Waals surface area contributed by atoms with E-state index in [4.69, 9.17) is 0 Å². The van der Waals surface area contributed by atoms with Crippen molar-refractivity contribution in [2.24, 2.45) is 0 Å². The Hall–Kier alpha value is 0.270. The van der Waals surface area contributed by atoms with Crippen molar-refractivity contribution < 1.29 is 5.11 Å². The molecule has 0 saturated heterocycles. The van der Waals surface area contributed by atoms with Crippen LogP contribution in [0.3, 0.4) is 0 Å². The van der Waals surface area contributed by atoms with Crippen LogP contribution >= 0.6 is 11.8 Å². The first-order chi connectivity index (χ1) is 7.76. The zero-order valence-corrected chi connectivity index (χ0v) is 11.6. The van der Waals surface area contributed by atoms with Crippen molar-refractivity contribution in [3.8, 4) is 0 Å². The summed E-state index contributed by atoms with van der Waals surface area (Å²) in [6, 6.07) is 0. The molecule has 1 rings (SSSR count). The predicted octanol–water partition coefficient (Wildman–Crippen LogP) is 2.80. The molecule has 1 fully saturated rings. The number of nitrogens with one attached hydrogen (secondary N) is 1. The molecule has 1 saturated carbocycles. The van der Waals surface area contributed by atoms with Gasteiger partial charge in [-0.25, -0.2) is 0 Å².